The van der Waals surface area contributed by atoms with Gasteiger partial charge in [0.05, 0.1) is 17.3 Å². The topological polar surface area (TPSA) is 77.0 Å². The van der Waals surface area contributed by atoms with E-state index in [2.05, 4.69) is 134 Å². The lowest BCUT2D eigenvalue weighted by Gasteiger charge is -2.35. The van der Waals surface area contributed by atoms with Gasteiger partial charge in [0.15, 0.2) is 0 Å². The zero-order chi connectivity index (χ0) is 34.5. The number of rotatable bonds is 9. The first kappa shape index (κ1) is 32.4. The van der Waals surface area contributed by atoms with E-state index in [1.54, 1.807) is 0 Å². The molecule has 1 aliphatic carbocycles. The standard InChI is InChI=1S/C46H42N4/c1-3-14-31(4-2)15-12-22-36-35(21-13-20-32-16-8-10-23-41(32)47)29-40-39(45(36)48)30-38(44-27-25-34-19-9-11-24-42(34)49-44)37-26-28-43(50-46(37)40)33-17-6-5-7-18-33/h3-14,16-20,22-30,46,50H,15,21,47-48H2,1-2H3/b14-3-,20-13-,22-12-,31-4+. The fourth-order valence-electron chi connectivity index (χ4n) is 6.87. The molecule has 0 radical (unpaired) electrons. The number of para-hydroxylation sites is 2. The van der Waals surface area contributed by atoms with Crippen molar-refractivity contribution in [1.29, 1.82) is 0 Å². The highest BCUT2D eigenvalue weighted by atomic mass is 14.9. The molecule has 1 atom stereocenters. The number of allylic oxidation sites excluding steroid dienone is 8. The predicted molar refractivity (Wildman–Crippen MR) is 215 cm³/mol. The van der Waals surface area contributed by atoms with Crippen molar-refractivity contribution in [3.05, 3.63) is 190 Å². The van der Waals surface area contributed by atoms with Crippen LogP contribution in [0.4, 0.5) is 11.4 Å². The van der Waals surface area contributed by atoms with Crippen LogP contribution in [0.5, 0.6) is 0 Å². The summed E-state index contributed by atoms with van der Waals surface area (Å²) in [4.78, 5) is 5.14. The zero-order valence-corrected chi connectivity index (χ0v) is 28.6. The van der Waals surface area contributed by atoms with Crippen LogP contribution in [-0.2, 0) is 6.42 Å². The van der Waals surface area contributed by atoms with Crippen molar-refractivity contribution < 1.29 is 0 Å². The van der Waals surface area contributed by atoms with Crippen molar-refractivity contribution in [3.8, 4) is 0 Å². The molecule has 4 aromatic carbocycles. The third kappa shape index (κ3) is 6.61. The van der Waals surface area contributed by atoms with Crippen molar-refractivity contribution >= 4 is 51.8 Å². The number of nitrogens with zero attached hydrogens (tertiary/aromatic N) is 1. The Hall–Kier alpha value is -6.13. The highest BCUT2D eigenvalue weighted by molar-refractivity contribution is 6.00. The van der Waals surface area contributed by atoms with E-state index in [9.17, 15) is 0 Å². The van der Waals surface area contributed by atoms with Gasteiger partial charge in [-0.1, -0.05) is 127 Å². The van der Waals surface area contributed by atoms with Crippen molar-refractivity contribution in [2.45, 2.75) is 32.7 Å². The lowest BCUT2D eigenvalue weighted by molar-refractivity contribution is 0.732. The van der Waals surface area contributed by atoms with Gasteiger partial charge in [-0.3, -0.25) is 0 Å². The normalized spacial score (nSPS) is 15.9. The monoisotopic (exact) mass is 650 g/mol. The molecule has 0 fully saturated rings. The SMILES string of the molecule is C/C=C\C(=C/C)C/C=C\c1c(C/C=C\c2ccccc2N)cc2c(c1N)C=C(c1ccc3ccccc3n1)C1=CC=C(c3ccccc3)NC12. The Morgan fingerprint density at radius 1 is 0.840 bits per heavy atom. The van der Waals surface area contributed by atoms with Crippen LogP contribution < -0.4 is 16.8 Å². The number of benzene rings is 4. The molecule has 1 aromatic heterocycles. The Morgan fingerprint density at radius 2 is 1.64 bits per heavy atom. The molecule has 50 heavy (non-hydrogen) atoms. The highest BCUT2D eigenvalue weighted by Crippen LogP contribution is 2.47. The zero-order valence-electron chi connectivity index (χ0n) is 28.6. The lowest BCUT2D eigenvalue weighted by atomic mass is 9.77. The maximum Gasteiger partial charge on any atom is 0.0780 e. The number of fused-ring (bicyclic) bond motifs is 4. The van der Waals surface area contributed by atoms with Gasteiger partial charge in [-0.05, 0) is 90.4 Å². The summed E-state index contributed by atoms with van der Waals surface area (Å²) in [5.41, 5.74) is 28.1. The maximum absolute atomic E-state index is 7.27. The molecule has 1 aliphatic heterocycles. The van der Waals surface area contributed by atoms with E-state index in [1.807, 2.05) is 43.3 Å². The third-order valence-electron chi connectivity index (χ3n) is 9.50. The molecular formula is C46H42N4. The first-order valence-electron chi connectivity index (χ1n) is 17.3. The number of hydrogen-bond acceptors (Lipinski definition) is 4. The number of dihydropyridines is 1. The summed E-state index contributed by atoms with van der Waals surface area (Å²) in [6, 6.07) is 33.2. The third-order valence-corrected chi connectivity index (χ3v) is 9.50. The van der Waals surface area contributed by atoms with Gasteiger partial charge in [-0.15, -0.1) is 0 Å². The molecule has 0 saturated heterocycles. The Labute approximate surface area is 295 Å². The molecule has 4 heteroatoms. The molecule has 0 saturated carbocycles. The average molecular weight is 651 g/mol. The summed E-state index contributed by atoms with van der Waals surface area (Å²) in [7, 11) is 0. The second-order valence-corrected chi connectivity index (χ2v) is 12.7. The van der Waals surface area contributed by atoms with Crippen LogP contribution in [0.2, 0.25) is 0 Å². The van der Waals surface area contributed by atoms with E-state index in [0.29, 0.717) is 6.42 Å². The minimum atomic E-state index is -0.115. The molecule has 4 nitrogen and oxygen atoms in total. The highest BCUT2D eigenvalue weighted by Gasteiger charge is 2.32. The van der Waals surface area contributed by atoms with Gasteiger partial charge in [0.2, 0.25) is 0 Å². The Bertz CT molecular complexity index is 2280. The number of hydrogen-bond donors (Lipinski definition) is 3. The van der Waals surface area contributed by atoms with E-state index < -0.39 is 0 Å². The number of aromatic nitrogens is 1. The summed E-state index contributed by atoms with van der Waals surface area (Å²) >= 11 is 0. The summed E-state index contributed by atoms with van der Waals surface area (Å²) in [5, 5.41) is 5.03. The number of nitrogen functional groups attached to an aromatic ring is 2. The summed E-state index contributed by atoms with van der Waals surface area (Å²) in [6.07, 6.45) is 23.3. The summed E-state index contributed by atoms with van der Waals surface area (Å²) in [5.74, 6) is 0. The van der Waals surface area contributed by atoms with Crippen LogP contribution in [-0.4, -0.2) is 4.98 Å². The van der Waals surface area contributed by atoms with Crippen LogP contribution in [0.1, 0.15) is 65.4 Å². The quantitative estimate of drug-likeness (QED) is 0.110. The fourth-order valence-corrected chi connectivity index (χ4v) is 6.87. The van der Waals surface area contributed by atoms with E-state index in [4.69, 9.17) is 16.5 Å². The smallest absolute Gasteiger partial charge is 0.0780 e. The van der Waals surface area contributed by atoms with Gasteiger partial charge in [-0.2, -0.15) is 0 Å². The van der Waals surface area contributed by atoms with E-state index in [1.165, 1.54) is 11.1 Å². The molecular weight excluding hydrogens is 609 g/mol. The van der Waals surface area contributed by atoms with Crippen LogP contribution in [0.25, 0.3) is 40.4 Å². The molecule has 1 unspecified atom stereocenters. The first-order valence-corrected chi connectivity index (χ1v) is 17.3. The van der Waals surface area contributed by atoms with Crippen molar-refractivity contribution in [1.82, 2.24) is 10.3 Å². The summed E-state index contributed by atoms with van der Waals surface area (Å²) < 4.78 is 0. The molecule has 0 bridgehead atoms. The molecule has 0 amide bonds. The van der Waals surface area contributed by atoms with Gasteiger partial charge >= 0.3 is 0 Å². The van der Waals surface area contributed by atoms with Crippen molar-refractivity contribution in [2.24, 2.45) is 0 Å². The lowest BCUT2D eigenvalue weighted by Crippen LogP contribution is -2.28. The van der Waals surface area contributed by atoms with Crippen molar-refractivity contribution in [3.63, 3.8) is 0 Å². The van der Waals surface area contributed by atoms with Gasteiger partial charge in [0.1, 0.15) is 0 Å². The molecule has 5 N–H and O–H groups in total. The van der Waals surface area contributed by atoms with Crippen LogP contribution in [0, 0.1) is 0 Å². The Morgan fingerprint density at radius 3 is 2.46 bits per heavy atom. The van der Waals surface area contributed by atoms with E-state index >= 15 is 0 Å². The number of anilines is 2. The van der Waals surface area contributed by atoms with Gasteiger partial charge < -0.3 is 16.8 Å². The second kappa shape index (κ2) is 14.6. The van der Waals surface area contributed by atoms with Crippen molar-refractivity contribution in [2.75, 3.05) is 11.5 Å². The second-order valence-electron chi connectivity index (χ2n) is 12.7. The van der Waals surface area contributed by atoms with Gasteiger partial charge in [-0.25, -0.2) is 4.98 Å². The molecule has 2 aliphatic rings. The van der Waals surface area contributed by atoms with Gasteiger partial charge in [0, 0.05) is 39.2 Å². The van der Waals surface area contributed by atoms with E-state index in [0.717, 1.165) is 79.0 Å². The Kier molecular flexibility index (Phi) is 9.43. The Balaban J connectivity index is 1.39. The molecule has 7 rings (SSSR count). The van der Waals surface area contributed by atoms with Crippen LogP contribution >= 0.6 is 0 Å². The molecule has 0 spiro atoms. The van der Waals surface area contributed by atoms with Crippen LogP contribution in [0.15, 0.2) is 151 Å². The summed E-state index contributed by atoms with van der Waals surface area (Å²) in [6.45, 7) is 4.13. The van der Waals surface area contributed by atoms with E-state index in [-0.39, 0.29) is 6.04 Å². The molecule has 5 aromatic rings. The first-order chi connectivity index (χ1) is 24.5. The predicted octanol–water partition coefficient (Wildman–Crippen LogP) is 10.7. The maximum atomic E-state index is 7.27. The largest absolute Gasteiger partial charge is 0.398 e. The van der Waals surface area contributed by atoms with Gasteiger partial charge in [0.25, 0.3) is 0 Å². The number of nitrogens with one attached hydrogen (secondary N) is 1. The fraction of sp³-hybridized carbons (Fsp3) is 0.109. The molecule has 2 heterocycles. The molecule has 246 valence electrons. The minimum Gasteiger partial charge on any atom is -0.398 e. The average Bonchev–Trinajstić information content (AvgIpc) is 3.16. The number of nitrogens with two attached hydrogens (primary N) is 2. The number of pyridine rings is 1. The minimum absolute atomic E-state index is 0.115. The van der Waals surface area contributed by atoms with Crippen LogP contribution in [0.3, 0.4) is 0 Å².